The molecule has 1 heterocycles. The second kappa shape index (κ2) is 8.82. The van der Waals surface area contributed by atoms with E-state index in [0.717, 1.165) is 5.56 Å². The molecule has 6 nitrogen and oxygen atoms in total. The van der Waals surface area contributed by atoms with Crippen molar-refractivity contribution in [3.63, 3.8) is 0 Å². The number of hydrogen-bond donors (Lipinski definition) is 1. The third-order valence-corrected chi connectivity index (χ3v) is 3.93. The van der Waals surface area contributed by atoms with Crippen LogP contribution in [-0.4, -0.2) is 41.9 Å². The van der Waals surface area contributed by atoms with E-state index in [9.17, 15) is 9.59 Å². The van der Waals surface area contributed by atoms with Crippen LogP contribution in [0.5, 0.6) is 5.75 Å². The largest absolute Gasteiger partial charge is 0.496 e. The number of para-hydroxylation sites is 1. The third-order valence-electron chi connectivity index (χ3n) is 3.93. The minimum absolute atomic E-state index is 0.128. The molecule has 0 radical (unpaired) electrons. The zero-order valence-electron chi connectivity index (χ0n) is 14.8. The summed E-state index contributed by atoms with van der Waals surface area (Å²) < 4.78 is 5.27. The van der Waals surface area contributed by atoms with Crippen LogP contribution >= 0.6 is 0 Å². The molecule has 6 heteroatoms. The molecular weight excluding hydrogens is 318 g/mol. The molecule has 25 heavy (non-hydrogen) atoms. The van der Waals surface area contributed by atoms with Crippen LogP contribution in [0.15, 0.2) is 42.7 Å². The average molecular weight is 341 g/mol. The van der Waals surface area contributed by atoms with E-state index in [1.165, 1.54) is 12.4 Å². The highest BCUT2D eigenvalue weighted by Crippen LogP contribution is 2.17. The quantitative estimate of drug-likeness (QED) is 0.840. The van der Waals surface area contributed by atoms with Crippen molar-refractivity contribution in [2.45, 2.75) is 20.4 Å². The normalized spacial score (nSPS) is 10.2. The van der Waals surface area contributed by atoms with E-state index in [1.807, 2.05) is 38.1 Å². The number of hydrogen-bond acceptors (Lipinski definition) is 4. The van der Waals surface area contributed by atoms with Crippen molar-refractivity contribution in [1.29, 1.82) is 0 Å². The fraction of sp³-hybridized carbons (Fsp3) is 0.316. The lowest BCUT2D eigenvalue weighted by atomic mass is 10.1. The SMILES string of the molecule is CCN(CC)C(=O)c1cncc(C(=O)NCc2ccccc2OC)c1. The Morgan fingerprint density at radius 2 is 1.80 bits per heavy atom. The van der Waals surface area contributed by atoms with Crippen molar-refractivity contribution in [3.8, 4) is 5.75 Å². The van der Waals surface area contributed by atoms with Crippen LogP contribution in [0.3, 0.4) is 0 Å². The van der Waals surface area contributed by atoms with Crippen molar-refractivity contribution in [1.82, 2.24) is 15.2 Å². The number of pyridine rings is 1. The van der Waals surface area contributed by atoms with Gasteiger partial charge in [-0.05, 0) is 26.0 Å². The molecule has 1 aromatic heterocycles. The molecular formula is C19H23N3O3. The smallest absolute Gasteiger partial charge is 0.255 e. The molecule has 1 aromatic carbocycles. The monoisotopic (exact) mass is 341 g/mol. The van der Waals surface area contributed by atoms with Gasteiger partial charge in [0.2, 0.25) is 0 Å². The van der Waals surface area contributed by atoms with Crippen molar-refractivity contribution < 1.29 is 14.3 Å². The zero-order chi connectivity index (χ0) is 18.2. The first-order valence-electron chi connectivity index (χ1n) is 8.25. The van der Waals surface area contributed by atoms with Gasteiger partial charge in [0.1, 0.15) is 5.75 Å². The van der Waals surface area contributed by atoms with E-state index < -0.39 is 0 Å². The maximum absolute atomic E-state index is 12.4. The number of methoxy groups -OCH3 is 1. The Morgan fingerprint density at radius 1 is 1.12 bits per heavy atom. The van der Waals surface area contributed by atoms with Crippen LogP contribution in [0.4, 0.5) is 0 Å². The minimum Gasteiger partial charge on any atom is -0.496 e. The summed E-state index contributed by atoms with van der Waals surface area (Å²) in [6.07, 6.45) is 2.94. The first-order chi connectivity index (χ1) is 12.1. The van der Waals surface area contributed by atoms with E-state index in [1.54, 1.807) is 18.1 Å². The molecule has 0 aliphatic carbocycles. The lowest BCUT2D eigenvalue weighted by molar-refractivity contribution is 0.0772. The van der Waals surface area contributed by atoms with Gasteiger partial charge in [-0.15, -0.1) is 0 Å². The van der Waals surface area contributed by atoms with Crippen LogP contribution in [0.25, 0.3) is 0 Å². The van der Waals surface area contributed by atoms with Gasteiger partial charge in [-0.1, -0.05) is 18.2 Å². The first kappa shape index (κ1) is 18.4. The predicted octanol–water partition coefficient (Wildman–Crippen LogP) is 2.50. The maximum atomic E-state index is 12.4. The number of benzene rings is 1. The Bertz CT molecular complexity index is 742. The fourth-order valence-corrected chi connectivity index (χ4v) is 2.50. The summed E-state index contributed by atoms with van der Waals surface area (Å²) >= 11 is 0. The number of amides is 2. The summed E-state index contributed by atoms with van der Waals surface area (Å²) in [5.41, 5.74) is 1.64. The molecule has 0 saturated carbocycles. The van der Waals surface area contributed by atoms with Crippen LogP contribution in [0, 0.1) is 0 Å². The summed E-state index contributed by atoms with van der Waals surface area (Å²) in [7, 11) is 1.59. The van der Waals surface area contributed by atoms with Crippen molar-refractivity contribution in [2.75, 3.05) is 20.2 Å². The van der Waals surface area contributed by atoms with E-state index in [4.69, 9.17) is 4.74 Å². The van der Waals surface area contributed by atoms with E-state index in [2.05, 4.69) is 10.3 Å². The number of rotatable bonds is 7. The Labute approximate surface area is 147 Å². The number of carbonyl (C=O) groups is 2. The molecule has 0 fully saturated rings. The van der Waals surface area contributed by atoms with Crippen molar-refractivity contribution in [3.05, 3.63) is 59.4 Å². The highest BCUT2D eigenvalue weighted by molar-refractivity contribution is 5.99. The summed E-state index contributed by atoms with van der Waals surface area (Å²) in [5.74, 6) is 0.302. The van der Waals surface area contributed by atoms with Crippen LogP contribution in [0.1, 0.15) is 40.1 Å². The van der Waals surface area contributed by atoms with Crippen molar-refractivity contribution >= 4 is 11.8 Å². The van der Waals surface area contributed by atoms with Crippen LogP contribution < -0.4 is 10.1 Å². The predicted molar refractivity (Wildman–Crippen MR) is 95.7 cm³/mol. The molecule has 0 aliphatic heterocycles. The summed E-state index contributed by atoms with van der Waals surface area (Å²) in [5, 5.41) is 2.83. The molecule has 2 amide bonds. The summed E-state index contributed by atoms with van der Waals surface area (Å²) in [4.78, 5) is 30.5. The lowest BCUT2D eigenvalue weighted by Crippen LogP contribution is -2.31. The number of nitrogens with one attached hydrogen (secondary N) is 1. The molecule has 0 aliphatic rings. The van der Waals surface area contributed by atoms with Gasteiger partial charge in [0.05, 0.1) is 18.2 Å². The van der Waals surface area contributed by atoms with E-state index in [-0.39, 0.29) is 11.8 Å². The van der Waals surface area contributed by atoms with Crippen LogP contribution in [-0.2, 0) is 6.54 Å². The van der Waals surface area contributed by atoms with Gasteiger partial charge in [0.25, 0.3) is 11.8 Å². The number of aromatic nitrogens is 1. The van der Waals surface area contributed by atoms with Gasteiger partial charge in [-0.2, -0.15) is 0 Å². The molecule has 0 spiro atoms. The van der Waals surface area contributed by atoms with Gasteiger partial charge < -0.3 is 15.0 Å². The topological polar surface area (TPSA) is 71.5 Å². The molecule has 1 N–H and O–H groups in total. The molecule has 2 rings (SSSR count). The van der Waals surface area contributed by atoms with Gasteiger partial charge in [0, 0.05) is 37.6 Å². The number of carbonyl (C=O) groups excluding carboxylic acids is 2. The average Bonchev–Trinajstić information content (AvgIpc) is 2.67. The van der Waals surface area contributed by atoms with E-state index >= 15 is 0 Å². The molecule has 0 atom stereocenters. The maximum Gasteiger partial charge on any atom is 0.255 e. The second-order valence-electron chi connectivity index (χ2n) is 5.43. The van der Waals surface area contributed by atoms with Gasteiger partial charge in [-0.3, -0.25) is 14.6 Å². The van der Waals surface area contributed by atoms with Gasteiger partial charge >= 0.3 is 0 Å². The first-order valence-corrected chi connectivity index (χ1v) is 8.25. The molecule has 132 valence electrons. The van der Waals surface area contributed by atoms with Gasteiger partial charge in [0.15, 0.2) is 0 Å². The van der Waals surface area contributed by atoms with Gasteiger partial charge in [-0.25, -0.2) is 0 Å². The Morgan fingerprint density at radius 3 is 2.48 bits per heavy atom. The third kappa shape index (κ3) is 4.56. The molecule has 0 saturated heterocycles. The summed E-state index contributed by atoms with van der Waals surface area (Å²) in [6, 6.07) is 9.06. The molecule has 0 unspecified atom stereocenters. The van der Waals surface area contributed by atoms with Crippen molar-refractivity contribution in [2.24, 2.45) is 0 Å². The number of ether oxygens (including phenoxy) is 1. The van der Waals surface area contributed by atoms with E-state index in [0.29, 0.717) is 36.5 Å². The Hall–Kier alpha value is -2.89. The Balaban J connectivity index is 2.09. The standard InChI is InChI=1S/C19H23N3O3/c1-4-22(5-2)19(24)16-10-15(11-20-12-16)18(23)21-13-14-8-6-7-9-17(14)25-3/h6-12H,4-5,13H2,1-3H3,(H,21,23). The zero-order valence-corrected chi connectivity index (χ0v) is 14.8. The number of nitrogens with zero attached hydrogens (tertiary/aromatic N) is 2. The lowest BCUT2D eigenvalue weighted by Gasteiger charge is -2.18. The molecule has 0 bridgehead atoms. The highest BCUT2D eigenvalue weighted by Gasteiger charge is 2.15. The second-order valence-corrected chi connectivity index (χ2v) is 5.43. The summed E-state index contributed by atoms with van der Waals surface area (Å²) in [6.45, 7) is 5.38. The highest BCUT2D eigenvalue weighted by atomic mass is 16.5. The Kier molecular flexibility index (Phi) is 6.51. The molecule has 2 aromatic rings. The fourth-order valence-electron chi connectivity index (χ4n) is 2.50. The minimum atomic E-state index is -0.285. The van der Waals surface area contributed by atoms with Crippen LogP contribution in [0.2, 0.25) is 0 Å².